The van der Waals surface area contributed by atoms with Gasteiger partial charge in [-0.3, -0.25) is 0 Å². The first-order valence-electron chi connectivity index (χ1n) is 5.15. The summed E-state index contributed by atoms with van der Waals surface area (Å²) in [4.78, 5) is 0. The van der Waals surface area contributed by atoms with E-state index in [4.69, 9.17) is 17.3 Å². The number of benzene rings is 2. The van der Waals surface area contributed by atoms with Gasteiger partial charge in [-0.25, -0.2) is 13.2 Å². The lowest BCUT2D eigenvalue weighted by Crippen LogP contribution is -2.16. The van der Waals surface area contributed by atoms with Crippen molar-refractivity contribution in [2.24, 2.45) is 5.73 Å². The Labute approximate surface area is 107 Å². The van der Waals surface area contributed by atoms with Crippen LogP contribution < -0.4 is 5.73 Å². The molecule has 0 heterocycles. The minimum Gasteiger partial charge on any atom is -0.320 e. The molecule has 1 nitrogen and oxygen atoms in total. The smallest absolute Gasteiger partial charge is 0.131 e. The van der Waals surface area contributed by atoms with Crippen molar-refractivity contribution < 1.29 is 13.2 Å². The molecule has 2 aromatic carbocycles. The van der Waals surface area contributed by atoms with E-state index in [9.17, 15) is 13.2 Å². The van der Waals surface area contributed by atoms with Crippen LogP contribution >= 0.6 is 11.6 Å². The Kier molecular flexibility index (Phi) is 3.59. The summed E-state index contributed by atoms with van der Waals surface area (Å²) in [6, 6.07) is 5.76. The number of hydrogen-bond donors (Lipinski definition) is 1. The predicted molar refractivity (Wildman–Crippen MR) is 63.8 cm³/mol. The first-order valence-corrected chi connectivity index (χ1v) is 5.53. The third-order valence-electron chi connectivity index (χ3n) is 2.60. The summed E-state index contributed by atoms with van der Waals surface area (Å²) in [5, 5.41) is 0.159. The van der Waals surface area contributed by atoms with Crippen LogP contribution in [0.1, 0.15) is 17.2 Å². The van der Waals surface area contributed by atoms with Crippen molar-refractivity contribution in [1.29, 1.82) is 0 Å². The zero-order valence-electron chi connectivity index (χ0n) is 9.13. The molecule has 0 saturated heterocycles. The van der Waals surface area contributed by atoms with E-state index < -0.39 is 23.5 Å². The molecule has 0 fully saturated rings. The Bertz CT molecular complexity index is 566. The van der Waals surface area contributed by atoms with E-state index in [1.165, 1.54) is 12.1 Å². The molecule has 0 aliphatic carbocycles. The Morgan fingerprint density at radius 3 is 2.22 bits per heavy atom. The topological polar surface area (TPSA) is 26.0 Å². The van der Waals surface area contributed by atoms with Gasteiger partial charge in [0.1, 0.15) is 17.5 Å². The van der Waals surface area contributed by atoms with Gasteiger partial charge < -0.3 is 5.73 Å². The largest absolute Gasteiger partial charge is 0.320 e. The number of hydrogen-bond acceptors (Lipinski definition) is 1. The summed E-state index contributed by atoms with van der Waals surface area (Å²) in [7, 11) is 0. The molecule has 94 valence electrons. The highest BCUT2D eigenvalue weighted by Crippen LogP contribution is 2.30. The van der Waals surface area contributed by atoms with Crippen molar-refractivity contribution in [2.75, 3.05) is 0 Å². The van der Waals surface area contributed by atoms with E-state index in [0.717, 1.165) is 24.3 Å². The average Bonchev–Trinajstić information content (AvgIpc) is 2.32. The van der Waals surface area contributed by atoms with Gasteiger partial charge in [-0.1, -0.05) is 17.7 Å². The van der Waals surface area contributed by atoms with Crippen molar-refractivity contribution in [2.45, 2.75) is 6.04 Å². The zero-order valence-corrected chi connectivity index (χ0v) is 9.89. The lowest BCUT2D eigenvalue weighted by Gasteiger charge is -2.15. The van der Waals surface area contributed by atoms with Crippen molar-refractivity contribution in [3.63, 3.8) is 0 Å². The van der Waals surface area contributed by atoms with Crippen molar-refractivity contribution in [1.82, 2.24) is 0 Å². The van der Waals surface area contributed by atoms with Crippen LogP contribution in [0.15, 0.2) is 36.4 Å². The van der Waals surface area contributed by atoms with Crippen LogP contribution in [0, 0.1) is 17.5 Å². The fraction of sp³-hybridized carbons (Fsp3) is 0.0769. The first-order chi connectivity index (χ1) is 8.50. The maximum atomic E-state index is 13.6. The van der Waals surface area contributed by atoms with E-state index in [1.54, 1.807) is 0 Å². The van der Waals surface area contributed by atoms with Gasteiger partial charge in [0.2, 0.25) is 0 Å². The zero-order chi connectivity index (χ0) is 13.3. The van der Waals surface area contributed by atoms with Crippen LogP contribution in [0.2, 0.25) is 5.02 Å². The normalized spacial score (nSPS) is 12.5. The lowest BCUT2D eigenvalue weighted by molar-refractivity contribution is 0.542. The van der Waals surface area contributed by atoms with Gasteiger partial charge in [0, 0.05) is 10.6 Å². The first kappa shape index (κ1) is 12.9. The number of nitrogens with two attached hydrogens (primary N) is 1. The quantitative estimate of drug-likeness (QED) is 0.883. The van der Waals surface area contributed by atoms with Gasteiger partial charge in [0.05, 0.1) is 6.04 Å². The third kappa shape index (κ3) is 2.35. The Hall–Kier alpha value is -1.52. The Morgan fingerprint density at radius 2 is 1.61 bits per heavy atom. The molecule has 1 atom stereocenters. The Morgan fingerprint density at radius 1 is 1.00 bits per heavy atom. The molecule has 18 heavy (non-hydrogen) atoms. The van der Waals surface area contributed by atoms with Crippen molar-refractivity contribution in [3.8, 4) is 0 Å². The van der Waals surface area contributed by atoms with Crippen LogP contribution in [-0.2, 0) is 0 Å². The SMILES string of the molecule is NC(c1cc(F)ccc1Cl)c1c(F)cccc1F. The molecular formula is C13H9ClF3N. The molecule has 5 heteroatoms. The molecule has 0 radical (unpaired) electrons. The maximum absolute atomic E-state index is 13.6. The van der Waals surface area contributed by atoms with E-state index in [2.05, 4.69) is 0 Å². The minimum atomic E-state index is -1.16. The van der Waals surface area contributed by atoms with E-state index in [-0.39, 0.29) is 16.1 Å². The van der Waals surface area contributed by atoms with Crippen LogP contribution in [-0.4, -0.2) is 0 Å². The summed E-state index contributed by atoms with van der Waals surface area (Å²) in [5.41, 5.74) is 5.57. The lowest BCUT2D eigenvalue weighted by atomic mass is 9.98. The third-order valence-corrected chi connectivity index (χ3v) is 2.95. The van der Waals surface area contributed by atoms with Gasteiger partial charge >= 0.3 is 0 Å². The molecule has 0 amide bonds. The molecule has 0 aromatic heterocycles. The van der Waals surface area contributed by atoms with E-state index in [1.807, 2.05) is 0 Å². The second kappa shape index (κ2) is 5.00. The average molecular weight is 272 g/mol. The molecular weight excluding hydrogens is 263 g/mol. The minimum absolute atomic E-state index is 0.140. The van der Waals surface area contributed by atoms with Crippen LogP contribution in [0.25, 0.3) is 0 Å². The van der Waals surface area contributed by atoms with E-state index in [0.29, 0.717) is 0 Å². The standard InChI is InChI=1S/C13H9ClF3N/c14-9-5-4-7(15)6-8(9)13(18)12-10(16)2-1-3-11(12)17/h1-6,13H,18H2. The summed E-state index contributed by atoms with van der Waals surface area (Å²) in [5.74, 6) is -2.15. The number of halogens is 4. The van der Waals surface area contributed by atoms with Crippen LogP contribution in [0.5, 0.6) is 0 Å². The fourth-order valence-corrected chi connectivity index (χ4v) is 1.95. The van der Waals surface area contributed by atoms with Gasteiger partial charge in [0.25, 0.3) is 0 Å². The monoisotopic (exact) mass is 271 g/mol. The highest BCUT2D eigenvalue weighted by atomic mass is 35.5. The molecule has 2 N–H and O–H groups in total. The molecule has 0 spiro atoms. The maximum Gasteiger partial charge on any atom is 0.131 e. The number of rotatable bonds is 2. The van der Waals surface area contributed by atoms with Gasteiger partial charge in [-0.2, -0.15) is 0 Å². The molecule has 0 bridgehead atoms. The van der Waals surface area contributed by atoms with Gasteiger partial charge in [-0.05, 0) is 35.9 Å². The molecule has 0 aliphatic heterocycles. The van der Waals surface area contributed by atoms with Crippen LogP contribution in [0.4, 0.5) is 13.2 Å². The summed E-state index contributed by atoms with van der Waals surface area (Å²) < 4.78 is 40.2. The second-order valence-electron chi connectivity index (χ2n) is 3.78. The van der Waals surface area contributed by atoms with Crippen molar-refractivity contribution in [3.05, 3.63) is 70.0 Å². The van der Waals surface area contributed by atoms with Crippen molar-refractivity contribution >= 4 is 11.6 Å². The second-order valence-corrected chi connectivity index (χ2v) is 4.19. The highest BCUT2D eigenvalue weighted by molar-refractivity contribution is 6.31. The molecule has 2 aromatic rings. The highest BCUT2D eigenvalue weighted by Gasteiger charge is 2.20. The molecule has 2 rings (SSSR count). The summed E-state index contributed by atoms with van der Waals surface area (Å²) >= 11 is 5.85. The molecule has 1 unspecified atom stereocenters. The van der Waals surface area contributed by atoms with Gasteiger partial charge in [0.15, 0.2) is 0 Å². The summed E-state index contributed by atoms with van der Waals surface area (Å²) in [6.07, 6.45) is 0. The Balaban J connectivity index is 2.54. The molecule has 0 saturated carbocycles. The fourth-order valence-electron chi connectivity index (χ4n) is 1.72. The predicted octanol–water partition coefficient (Wildman–Crippen LogP) is 3.81. The summed E-state index contributed by atoms with van der Waals surface area (Å²) in [6.45, 7) is 0. The molecule has 0 aliphatic rings. The van der Waals surface area contributed by atoms with E-state index >= 15 is 0 Å². The van der Waals surface area contributed by atoms with Crippen LogP contribution in [0.3, 0.4) is 0 Å². The van der Waals surface area contributed by atoms with Gasteiger partial charge in [-0.15, -0.1) is 0 Å².